The van der Waals surface area contributed by atoms with E-state index in [4.69, 9.17) is 9.47 Å². The highest BCUT2D eigenvalue weighted by atomic mass is 16.7. The SMILES string of the molecule is CC1=CC[C@@H]2C[C@@H](C)O[C@@]1(C)O2. The van der Waals surface area contributed by atoms with Gasteiger partial charge < -0.3 is 9.47 Å². The van der Waals surface area contributed by atoms with Crippen molar-refractivity contribution in [3.05, 3.63) is 11.6 Å². The molecule has 0 N–H and O–H groups in total. The lowest BCUT2D eigenvalue weighted by Gasteiger charge is -2.45. The lowest BCUT2D eigenvalue weighted by atomic mass is 9.96. The average Bonchev–Trinajstić information content (AvgIpc) is 1.96. The Kier molecular flexibility index (Phi) is 1.77. The van der Waals surface area contributed by atoms with Gasteiger partial charge in [-0.25, -0.2) is 0 Å². The van der Waals surface area contributed by atoms with Crippen LogP contribution in [0.1, 0.15) is 33.6 Å². The summed E-state index contributed by atoms with van der Waals surface area (Å²) in [4.78, 5) is 0. The van der Waals surface area contributed by atoms with Crippen molar-refractivity contribution in [3.63, 3.8) is 0 Å². The van der Waals surface area contributed by atoms with Gasteiger partial charge in [0.1, 0.15) is 0 Å². The molecule has 1 saturated heterocycles. The summed E-state index contributed by atoms with van der Waals surface area (Å²) in [6.45, 7) is 6.21. The van der Waals surface area contributed by atoms with E-state index in [0.717, 1.165) is 12.8 Å². The van der Waals surface area contributed by atoms with Gasteiger partial charge >= 0.3 is 0 Å². The van der Waals surface area contributed by atoms with E-state index in [9.17, 15) is 0 Å². The molecule has 3 atom stereocenters. The lowest BCUT2D eigenvalue weighted by Crippen LogP contribution is -2.48. The monoisotopic (exact) mass is 168 g/mol. The fraction of sp³-hybridized carbons (Fsp3) is 0.800. The molecule has 0 radical (unpaired) electrons. The van der Waals surface area contributed by atoms with E-state index in [0.29, 0.717) is 12.2 Å². The maximum atomic E-state index is 5.80. The normalized spacial score (nSPS) is 47.1. The van der Waals surface area contributed by atoms with Crippen molar-refractivity contribution in [1.82, 2.24) is 0 Å². The van der Waals surface area contributed by atoms with Crippen molar-refractivity contribution in [1.29, 1.82) is 0 Å². The molecular weight excluding hydrogens is 152 g/mol. The molecular formula is C10H16O2. The first-order valence-corrected chi connectivity index (χ1v) is 4.63. The van der Waals surface area contributed by atoms with E-state index < -0.39 is 5.79 Å². The van der Waals surface area contributed by atoms with E-state index in [1.54, 1.807) is 0 Å². The largest absolute Gasteiger partial charge is 0.343 e. The summed E-state index contributed by atoms with van der Waals surface area (Å²) in [6, 6.07) is 0. The first kappa shape index (κ1) is 8.27. The van der Waals surface area contributed by atoms with Crippen molar-refractivity contribution >= 4 is 0 Å². The van der Waals surface area contributed by atoms with Gasteiger partial charge in [-0.05, 0) is 32.8 Å². The van der Waals surface area contributed by atoms with Crippen molar-refractivity contribution < 1.29 is 9.47 Å². The van der Waals surface area contributed by atoms with E-state index >= 15 is 0 Å². The second kappa shape index (κ2) is 2.57. The quantitative estimate of drug-likeness (QED) is 0.516. The molecule has 2 rings (SSSR count). The molecule has 68 valence electrons. The molecule has 0 aromatic carbocycles. The first-order valence-electron chi connectivity index (χ1n) is 4.63. The van der Waals surface area contributed by atoms with Crippen LogP contribution >= 0.6 is 0 Å². The number of fused-ring (bicyclic) bond motifs is 2. The summed E-state index contributed by atoms with van der Waals surface area (Å²) in [7, 11) is 0. The maximum absolute atomic E-state index is 5.80. The Morgan fingerprint density at radius 1 is 1.50 bits per heavy atom. The Balaban J connectivity index is 2.27. The third kappa shape index (κ3) is 1.19. The van der Waals surface area contributed by atoms with Gasteiger partial charge in [0, 0.05) is 6.42 Å². The number of hydrogen-bond donors (Lipinski definition) is 0. The van der Waals surface area contributed by atoms with Crippen LogP contribution in [0.15, 0.2) is 11.6 Å². The van der Waals surface area contributed by atoms with Gasteiger partial charge in [0.15, 0.2) is 5.79 Å². The Labute approximate surface area is 73.5 Å². The topological polar surface area (TPSA) is 18.5 Å². The minimum absolute atomic E-state index is 0.331. The predicted molar refractivity (Wildman–Crippen MR) is 46.8 cm³/mol. The van der Waals surface area contributed by atoms with Crippen LogP contribution in [0.5, 0.6) is 0 Å². The van der Waals surface area contributed by atoms with E-state index in [2.05, 4.69) is 19.9 Å². The maximum Gasteiger partial charge on any atom is 0.188 e. The fourth-order valence-electron chi connectivity index (χ4n) is 2.02. The molecule has 2 heteroatoms. The summed E-state index contributed by atoms with van der Waals surface area (Å²) in [6.07, 6.45) is 5.02. The summed E-state index contributed by atoms with van der Waals surface area (Å²) in [5.41, 5.74) is 1.21. The molecule has 0 spiro atoms. The smallest absolute Gasteiger partial charge is 0.188 e. The Hall–Kier alpha value is -0.340. The molecule has 2 heterocycles. The van der Waals surface area contributed by atoms with Gasteiger partial charge in [-0.15, -0.1) is 0 Å². The predicted octanol–water partition coefficient (Wildman–Crippen LogP) is 2.25. The Morgan fingerprint density at radius 2 is 2.25 bits per heavy atom. The second-order valence-electron chi connectivity index (χ2n) is 3.97. The highest BCUT2D eigenvalue weighted by Crippen LogP contribution is 2.37. The molecule has 12 heavy (non-hydrogen) atoms. The minimum atomic E-state index is -0.430. The molecule has 0 aliphatic carbocycles. The molecule has 1 fully saturated rings. The van der Waals surface area contributed by atoms with Crippen LogP contribution < -0.4 is 0 Å². The van der Waals surface area contributed by atoms with E-state index in [-0.39, 0.29) is 0 Å². The van der Waals surface area contributed by atoms with Crippen LogP contribution in [-0.2, 0) is 9.47 Å². The summed E-state index contributed by atoms with van der Waals surface area (Å²) in [5.74, 6) is -0.430. The number of rotatable bonds is 0. The van der Waals surface area contributed by atoms with Crippen LogP contribution in [-0.4, -0.2) is 18.0 Å². The van der Waals surface area contributed by atoms with Crippen molar-refractivity contribution in [3.8, 4) is 0 Å². The molecule has 0 aromatic rings. The number of hydrogen-bond acceptors (Lipinski definition) is 2. The van der Waals surface area contributed by atoms with Crippen LogP contribution in [0.2, 0.25) is 0 Å². The number of ether oxygens (including phenoxy) is 2. The zero-order valence-electron chi connectivity index (χ0n) is 7.96. The molecule has 0 aromatic heterocycles. The van der Waals surface area contributed by atoms with Crippen LogP contribution in [0.4, 0.5) is 0 Å². The van der Waals surface area contributed by atoms with Crippen LogP contribution in [0.3, 0.4) is 0 Å². The van der Waals surface area contributed by atoms with Gasteiger partial charge in [-0.3, -0.25) is 0 Å². The van der Waals surface area contributed by atoms with Gasteiger partial charge in [-0.2, -0.15) is 0 Å². The minimum Gasteiger partial charge on any atom is -0.343 e. The second-order valence-corrected chi connectivity index (χ2v) is 3.97. The summed E-state index contributed by atoms with van der Waals surface area (Å²) >= 11 is 0. The van der Waals surface area contributed by atoms with Crippen molar-refractivity contribution in [2.45, 2.75) is 51.6 Å². The van der Waals surface area contributed by atoms with E-state index in [1.807, 2.05) is 6.92 Å². The van der Waals surface area contributed by atoms with Gasteiger partial charge in [0.05, 0.1) is 12.2 Å². The third-order valence-electron chi connectivity index (χ3n) is 2.82. The van der Waals surface area contributed by atoms with Gasteiger partial charge in [0.2, 0.25) is 0 Å². The Bertz CT molecular complexity index is 222. The first-order chi connectivity index (χ1) is 5.60. The van der Waals surface area contributed by atoms with Crippen LogP contribution in [0.25, 0.3) is 0 Å². The molecule has 0 amide bonds. The summed E-state index contributed by atoms with van der Waals surface area (Å²) < 4.78 is 11.6. The highest BCUT2D eigenvalue weighted by molar-refractivity contribution is 5.14. The van der Waals surface area contributed by atoms with Gasteiger partial charge in [0.25, 0.3) is 0 Å². The van der Waals surface area contributed by atoms with Crippen molar-refractivity contribution in [2.24, 2.45) is 0 Å². The van der Waals surface area contributed by atoms with Gasteiger partial charge in [-0.1, -0.05) is 6.08 Å². The highest BCUT2D eigenvalue weighted by Gasteiger charge is 2.40. The zero-order chi connectivity index (χ0) is 8.77. The lowest BCUT2D eigenvalue weighted by molar-refractivity contribution is -0.289. The summed E-state index contributed by atoms with van der Waals surface area (Å²) in [5, 5.41) is 0. The molecule has 2 bridgehead atoms. The Morgan fingerprint density at radius 3 is 3.00 bits per heavy atom. The molecule has 0 unspecified atom stereocenters. The molecule has 2 aliphatic heterocycles. The van der Waals surface area contributed by atoms with Crippen molar-refractivity contribution in [2.75, 3.05) is 0 Å². The average molecular weight is 168 g/mol. The molecule has 2 aliphatic rings. The fourth-order valence-corrected chi connectivity index (χ4v) is 2.02. The van der Waals surface area contributed by atoms with Crippen LogP contribution in [0, 0.1) is 0 Å². The van der Waals surface area contributed by atoms with E-state index in [1.165, 1.54) is 5.57 Å². The zero-order valence-corrected chi connectivity index (χ0v) is 7.96. The standard InChI is InChI=1S/C10H16O2/c1-7-4-5-9-6-8(2)11-10(7,3)12-9/h4,8-9H,5-6H2,1-3H3/t8-,9-,10+/m1/s1. The molecule has 2 nitrogen and oxygen atoms in total. The third-order valence-corrected chi connectivity index (χ3v) is 2.82. The molecule has 0 saturated carbocycles.